The number of hydrogen-bond acceptors (Lipinski definition) is 4. The van der Waals surface area contributed by atoms with E-state index in [9.17, 15) is 31.1 Å². The third-order valence-electron chi connectivity index (χ3n) is 2.87. The smallest absolute Gasteiger partial charge is 0.405 e. The standard InChI is InChI=1S/C15H10F6N2O2S/c16-14(17,18)25-11-6-2-1-4-9(11)8-23-12(24)10-5-3-7-22-13(10)26-15(19,20)21/h1-7H,8H2,(H,23,24). The molecule has 0 atom stereocenters. The molecule has 0 unspecified atom stereocenters. The third-order valence-corrected chi connectivity index (χ3v) is 3.62. The van der Waals surface area contributed by atoms with Crippen LogP contribution in [0, 0.1) is 0 Å². The van der Waals surface area contributed by atoms with E-state index in [-0.39, 0.29) is 17.7 Å². The van der Waals surface area contributed by atoms with E-state index >= 15 is 0 Å². The maximum absolute atomic E-state index is 12.5. The Morgan fingerprint density at radius 1 is 1.08 bits per heavy atom. The maximum atomic E-state index is 12.5. The molecule has 26 heavy (non-hydrogen) atoms. The lowest BCUT2D eigenvalue weighted by Gasteiger charge is -2.14. The van der Waals surface area contributed by atoms with Crippen LogP contribution in [0.4, 0.5) is 26.3 Å². The van der Waals surface area contributed by atoms with Gasteiger partial charge in [0, 0.05) is 30.1 Å². The quantitative estimate of drug-likeness (QED) is 0.596. The van der Waals surface area contributed by atoms with E-state index in [1.165, 1.54) is 24.3 Å². The number of para-hydroxylation sites is 1. The fourth-order valence-corrected chi connectivity index (χ4v) is 2.50. The molecule has 140 valence electrons. The number of carbonyl (C=O) groups is 1. The zero-order valence-electron chi connectivity index (χ0n) is 12.7. The Morgan fingerprint density at radius 2 is 1.77 bits per heavy atom. The van der Waals surface area contributed by atoms with E-state index in [0.717, 1.165) is 18.3 Å². The Kier molecular flexibility index (Phi) is 6.01. The topological polar surface area (TPSA) is 51.2 Å². The first-order chi connectivity index (χ1) is 12.1. The van der Waals surface area contributed by atoms with Gasteiger partial charge in [-0.05, 0) is 18.2 Å². The van der Waals surface area contributed by atoms with Crippen molar-refractivity contribution in [3.05, 3.63) is 53.7 Å². The summed E-state index contributed by atoms with van der Waals surface area (Å²) in [6.45, 7) is -0.379. The maximum Gasteiger partial charge on any atom is 0.573 e. The second kappa shape index (κ2) is 7.85. The number of aromatic nitrogens is 1. The van der Waals surface area contributed by atoms with Gasteiger partial charge in [0.2, 0.25) is 0 Å². The van der Waals surface area contributed by atoms with E-state index in [4.69, 9.17) is 0 Å². The Labute approximate surface area is 147 Å². The molecule has 1 N–H and O–H groups in total. The average Bonchev–Trinajstić information content (AvgIpc) is 2.51. The van der Waals surface area contributed by atoms with Gasteiger partial charge >= 0.3 is 11.9 Å². The van der Waals surface area contributed by atoms with E-state index in [1.54, 1.807) is 0 Å². The second-order valence-corrected chi connectivity index (χ2v) is 5.80. The molecular weight excluding hydrogens is 386 g/mol. The van der Waals surface area contributed by atoms with Crippen LogP contribution in [-0.4, -0.2) is 22.8 Å². The minimum atomic E-state index is -4.92. The van der Waals surface area contributed by atoms with Gasteiger partial charge < -0.3 is 10.1 Å². The van der Waals surface area contributed by atoms with Crippen LogP contribution >= 0.6 is 11.8 Å². The largest absolute Gasteiger partial charge is 0.573 e. The molecule has 0 saturated carbocycles. The number of ether oxygens (including phenoxy) is 1. The van der Waals surface area contributed by atoms with E-state index < -0.39 is 40.3 Å². The molecule has 1 heterocycles. The van der Waals surface area contributed by atoms with Crippen LogP contribution in [0.25, 0.3) is 0 Å². The summed E-state index contributed by atoms with van der Waals surface area (Å²) in [5.74, 6) is -1.43. The van der Waals surface area contributed by atoms with Gasteiger partial charge in [-0.1, -0.05) is 18.2 Å². The number of rotatable bonds is 5. The van der Waals surface area contributed by atoms with Crippen LogP contribution in [0.2, 0.25) is 0 Å². The van der Waals surface area contributed by atoms with Crippen molar-refractivity contribution in [1.82, 2.24) is 10.3 Å². The summed E-state index contributed by atoms with van der Waals surface area (Å²) in [6, 6.07) is 7.50. The van der Waals surface area contributed by atoms with Crippen molar-refractivity contribution in [3.8, 4) is 5.75 Å². The van der Waals surface area contributed by atoms with Crippen molar-refractivity contribution >= 4 is 17.7 Å². The monoisotopic (exact) mass is 396 g/mol. The van der Waals surface area contributed by atoms with Crippen molar-refractivity contribution < 1.29 is 35.9 Å². The van der Waals surface area contributed by atoms with Crippen LogP contribution in [0.15, 0.2) is 47.6 Å². The molecule has 0 aliphatic heterocycles. The molecule has 0 saturated heterocycles. The molecule has 0 aliphatic carbocycles. The first-order valence-corrected chi connectivity index (χ1v) is 7.69. The van der Waals surface area contributed by atoms with Crippen molar-refractivity contribution in [3.63, 3.8) is 0 Å². The number of hydrogen-bond donors (Lipinski definition) is 1. The number of nitrogens with one attached hydrogen (secondary N) is 1. The molecule has 0 bridgehead atoms. The summed E-state index contributed by atoms with van der Waals surface area (Å²) in [5.41, 5.74) is -4.98. The molecule has 2 aromatic rings. The number of nitrogens with zero attached hydrogens (tertiary/aromatic N) is 1. The first kappa shape index (κ1) is 19.9. The summed E-state index contributed by atoms with van der Waals surface area (Å²) in [4.78, 5) is 15.6. The number of pyridine rings is 1. The van der Waals surface area contributed by atoms with Crippen LogP contribution in [0.5, 0.6) is 5.75 Å². The molecule has 0 radical (unpaired) electrons. The zero-order chi connectivity index (χ0) is 19.4. The summed E-state index contributed by atoms with van der Waals surface area (Å²) in [7, 11) is 0. The first-order valence-electron chi connectivity index (χ1n) is 6.88. The van der Waals surface area contributed by atoms with Crippen molar-refractivity contribution in [2.45, 2.75) is 23.4 Å². The molecule has 2 rings (SSSR count). The Balaban J connectivity index is 2.13. The summed E-state index contributed by atoms with van der Waals surface area (Å²) < 4.78 is 78.5. The van der Waals surface area contributed by atoms with Crippen molar-refractivity contribution in [1.29, 1.82) is 0 Å². The van der Waals surface area contributed by atoms with Gasteiger partial charge in [0.1, 0.15) is 10.8 Å². The molecule has 1 aromatic carbocycles. The number of amides is 1. The number of alkyl halides is 6. The van der Waals surface area contributed by atoms with Gasteiger partial charge in [-0.15, -0.1) is 13.2 Å². The van der Waals surface area contributed by atoms with Gasteiger partial charge in [0.05, 0.1) is 5.56 Å². The Bertz CT molecular complexity index is 779. The van der Waals surface area contributed by atoms with Gasteiger partial charge in [0.15, 0.2) is 0 Å². The molecular formula is C15H10F6N2O2S. The van der Waals surface area contributed by atoms with E-state index in [2.05, 4.69) is 15.0 Å². The predicted molar refractivity (Wildman–Crippen MR) is 80.4 cm³/mol. The van der Waals surface area contributed by atoms with Gasteiger partial charge in [-0.25, -0.2) is 4.98 Å². The molecule has 0 aliphatic rings. The summed E-state index contributed by atoms with van der Waals surface area (Å²) >= 11 is -0.557. The lowest BCUT2D eigenvalue weighted by molar-refractivity contribution is -0.274. The van der Waals surface area contributed by atoms with Crippen LogP contribution < -0.4 is 10.1 Å². The van der Waals surface area contributed by atoms with Gasteiger partial charge in [-0.3, -0.25) is 4.79 Å². The van der Waals surface area contributed by atoms with Crippen LogP contribution in [-0.2, 0) is 6.54 Å². The van der Waals surface area contributed by atoms with Crippen molar-refractivity contribution in [2.24, 2.45) is 0 Å². The number of thioether (sulfide) groups is 1. The average molecular weight is 396 g/mol. The van der Waals surface area contributed by atoms with Crippen molar-refractivity contribution in [2.75, 3.05) is 0 Å². The highest BCUT2D eigenvalue weighted by molar-refractivity contribution is 8.00. The molecule has 1 aromatic heterocycles. The van der Waals surface area contributed by atoms with Crippen LogP contribution in [0.1, 0.15) is 15.9 Å². The molecule has 11 heteroatoms. The Morgan fingerprint density at radius 3 is 2.42 bits per heavy atom. The minimum Gasteiger partial charge on any atom is -0.405 e. The lowest BCUT2D eigenvalue weighted by atomic mass is 10.2. The minimum absolute atomic E-state index is 0.00656. The highest BCUT2D eigenvalue weighted by atomic mass is 32.2. The zero-order valence-corrected chi connectivity index (χ0v) is 13.5. The highest BCUT2D eigenvalue weighted by Crippen LogP contribution is 2.37. The summed E-state index contributed by atoms with van der Waals surface area (Å²) in [5, 5.41) is 1.70. The molecule has 0 fully saturated rings. The number of carbonyl (C=O) groups excluding carboxylic acids is 1. The normalized spacial score (nSPS) is 11.9. The molecule has 4 nitrogen and oxygen atoms in total. The summed E-state index contributed by atoms with van der Waals surface area (Å²) in [6.07, 6.45) is -3.82. The lowest BCUT2D eigenvalue weighted by Crippen LogP contribution is -2.25. The molecule has 1 amide bonds. The Hall–Kier alpha value is -2.43. The van der Waals surface area contributed by atoms with Gasteiger partial charge in [0.25, 0.3) is 5.91 Å². The van der Waals surface area contributed by atoms with E-state index in [1.807, 2.05) is 0 Å². The predicted octanol–water partition coefficient (Wildman–Crippen LogP) is 4.52. The molecule has 0 spiro atoms. The SMILES string of the molecule is O=C(NCc1ccccc1OC(F)(F)F)c1cccnc1SC(F)(F)F. The van der Waals surface area contributed by atoms with E-state index in [0.29, 0.717) is 0 Å². The second-order valence-electron chi connectivity index (χ2n) is 4.74. The number of benzene rings is 1. The number of halogens is 6. The fourth-order valence-electron chi connectivity index (χ4n) is 1.90. The van der Waals surface area contributed by atoms with Crippen LogP contribution in [0.3, 0.4) is 0 Å². The fraction of sp³-hybridized carbons (Fsp3) is 0.200. The van der Waals surface area contributed by atoms with Gasteiger partial charge in [-0.2, -0.15) is 13.2 Å². The third kappa shape index (κ3) is 6.14. The highest BCUT2D eigenvalue weighted by Gasteiger charge is 2.33.